The van der Waals surface area contributed by atoms with Crippen LogP contribution in [-0.2, 0) is 19.4 Å². The largest absolute Gasteiger partial charge is 0.313 e. The quantitative estimate of drug-likeness (QED) is 0.664. The number of hydrogen-bond acceptors (Lipinski definition) is 2. The molecular formula is C17H32BrN3. The van der Waals surface area contributed by atoms with Crippen molar-refractivity contribution in [1.29, 1.82) is 0 Å². The van der Waals surface area contributed by atoms with Crippen LogP contribution in [0.2, 0.25) is 0 Å². The molecule has 1 aromatic rings. The number of nitrogens with zero attached hydrogens (tertiary/aromatic N) is 2. The second kappa shape index (κ2) is 9.62. The topological polar surface area (TPSA) is 29.9 Å². The molecule has 1 rings (SSSR count). The van der Waals surface area contributed by atoms with Crippen LogP contribution in [0.1, 0.15) is 65.3 Å². The maximum absolute atomic E-state index is 4.73. The van der Waals surface area contributed by atoms with Crippen molar-refractivity contribution in [3.05, 3.63) is 15.9 Å². The molecule has 0 saturated heterocycles. The van der Waals surface area contributed by atoms with Crippen molar-refractivity contribution in [1.82, 2.24) is 15.1 Å². The van der Waals surface area contributed by atoms with Crippen LogP contribution in [0.15, 0.2) is 4.47 Å². The Balaban J connectivity index is 2.93. The Labute approximate surface area is 139 Å². The van der Waals surface area contributed by atoms with E-state index in [1.807, 2.05) is 0 Å². The number of aryl methyl sites for hydroxylation is 2. The van der Waals surface area contributed by atoms with Crippen LogP contribution in [0.25, 0.3) is 0 Å². The fourth-order valence-electron chi connectivity index (χ4n) is 2.88. The van der Waals surface area contributed by atoms with E-state index in [0.717, 1.165) is 25.9 Å². The summed E-state index contributed by atoms with van der Waals surface area (Å²) in [6.45, 7) is 13.3. The molecule has 2 unspecified atom stereocenters. The summed E-state index contributed by atoms with van der Waals surface area (Å²) in [5, 5.41) is 8.47. The highest BCUT2D eigenvalue weighted by molar-refractivity contribution is 9.10. The minimum Gasteiger partial charge on any atom is -0.313 e. The van der Waals surface area contributed by atoms with Crippen molar-refractivity contribution in [3.8, 4) is 0 Å². The third kappa shape index (κ3) is 5.10. The lowest BCUT2D eigenvalue weighted by atomic mass is 9.93. The van der Waals surface area contributed by atoms with Crippen LogP contribution in [0.3, 0.4) is 0 Å². The van der Waals surface area contributed by atoms with Crippen molar-refractivity contribution in [2.75, 3.05) is 6.54 Å². The zero-order chi connectivity index (χ0) is 15.8. The second-order valence-electron chi connectivity index (χ2n) is 5.91. The van der Waals surface area contributed by atoms with E-state index in [2.05, 4.69) is 60.5 Å². The average molecular weight is 358 g/mol. The molecule has 1 aromatic heterocycles. The van der Waals surface area contributed by atoms with Crippen LogP contribution in [-0.4, -0.2) is 22.4 Å². The molecule has 1 heterocycles. The molecule has 3 nitrogen and oxygen atoms in total. The molecule has 1 N–H and O–H groups in total. The monoisotopic (exact) mass is 357 g/mol. The summed E-state index contributed by atoms with van der Waals surface area (Å²) in [5.74, 6) is 0.693. The molecule has 4 heteroatoms. The van der Waals surface area contributed by atoms with Gasteiger partial charge in [-0.05, 0) is 54.6 Å². The standard InChI is InChI=1S/C17H32BrN3/c1-6-10-13(5)15(19-11-7-2)12-16-17(18)14(8-3)20-21(16)9-4/h13,15,19H,6-12H2,1-5H3. The van der Waals surface area contributed by atoms with E-state index in [1.165, 1.54) is 35.1 Å². The lowest BCUT2D eigenvalue weighted by molar-refractivity contribution is 0.345. The van der Waals surface area contributed by atoms with Gasteiger partial charge in [-0.25, -0.2) is 0 Å². The molecule has 0 aromatic carbocycles. The molecule has 0 aliphatic heterocycles. The molecule has 0 fully saturated rings. The summed E-state index contributed by atoms with van der Waals surface area (Å²) in [5.41, 5.74) is 2.54. The van der Waals surface area contributed by atoms with Gasteiger partial charge in [-0.15, -0.1) is 0 Å². The second-order valence-corrected chi connectivity index (χ2v) is 6.70. The van der Waals surface area contributed by atoms with Crippen LogP contribution in [0.5, 0.6) is 0 Å². The first-order valence-corrected chi connectivity index (χ1v) is 9.35. The molecule has 0 aliphatic rings. The van der Waals surface area contributed by atoms with Crippen molar-refractivity contribution in [3.63, 3.8) is 0 Å². The average Bonchev–Trinajstić information content (AvgIpc) is 2.79. The molecule has 21 heavy (non-hydrogen) atoms. The third-order valence-electron chi connectivity index (χ3n) is 4.19. The van der Waals surface area contributed by atoms with E-state index in [1.54, 1.807) is 0 Å². The number of hydrogen-bond donors (Lipinski definition) is 1. The zero-order valence-corrected chi connectivity index (χ0v) is 16.0. The Kier molecular flexibility index (Phi) is 8.57. The van der Waals surface area contributed by atoms with Crippen LogP contribution in [0, 0.1) is 5.92 Å². The van der Waals surface area contributed by atoms with E-state index in [0.29, 0.717) is 12.0 Å². The molecule has 0 bridgehead atoms. The first-order valence-electron chi connectivity index (χ1n) is 8.56. The highest BCUT2D eigenvalue weighted by Crippen LogP contribution is 2.25. The summed E-state index contributed by atoms with van der Waals surface area (Å²) >= 11 is 3.78. The summed E-state index contributed by atoms with van der Waals surface area (Å²) in [7, 11) is 0. The van der Waals surface area contributed by atoms with Gasteiger partial charge in [0, 0.05) is 19.0 Å². The Morgan fingerprint density at radius 1 is 1.19 bits per heavy atom. The number of halogens is 1. The Morgan fingerprint density at radius 3 is 2.43 bits per heavy atom. The van der Waals surface area contributed by atoms with E-state index in [9.17, 15) is 0 Å². The maximum atomic E-state index is 4.73. The molecule has 0 spiro atoms. The van der Waals surface area contributed by atoms with E-state index >= 15 is 0 Å². The van der Waals surface area contributed by atoms with Gasteiger partial charge in [-0.3, -0.25) is 4.68 Å². The Hall–Kier alpha value is -0.350. The lowest BCUT2D eigenvalue weighted by Crippen LogP contribution is -2.38. The SMILES string of the molecule is CCCNC(Cc1c(Br)c(CC)nn1CC)C(C)CCC. The maximum Gasteiger partial charge on any atom is 0.0766 e. The van der Waals surface area contributed by atoms with Crippen LogP contribution >= 0.6 is 15.9 Å². The van der Waals surface area contributed by atoms with Gasteiger partial charge in [0.1, 0.15) is 0 Å². The lowest BCUT2D eigenvalue weighted by Gasteiger charge is -2.25. The van der Waals surface area contributed by atoms with Gasteiger partial charge in [0.15, 0.2) is 0 Å². The minimum atomic E-state index is 0.535. The number of nitrogens with one attached hydrogen (secondary N) is 1. The van der Waals surface area contributed by atoms with Crippen molar-refractivity contribution in [2.45, 2.75) is 79.3 Å². The summed E-state index contributed by atoms with van der Waals surface area (Å²) in [6, 6.07) is 0.535. The molecule has 2 atom stereocenters. The molecule has 0 aliphatic carbocycles. The molecular weight excluding hydrogens is 326 g/mol. The van der Waals surface area contributed by atoms with Crippen molar-refractivity contribution in [2.24, 2.45) is 5.92 Å². The third-order valence-corrected chi connectivity index (χ3v) is 5.11. The minimum absolute atomic E-state index is 0.535. The first kappa shape index (κ1) is 18.7. The highest BCUT2D eigenvalue weighted by Gasteiger charge is 2.22. The predicted octanol–water partition coefficient (Wildman–Crippen LogP) is 4.57. The van der Waals surface area contributed by atoms with Crippen molar-refractivity contribution < 1.29 is 0 Å². The summed E-state index contributed by atoms with van der Waals surface area (Å²) in [6.07, 6.45) is 5.75. The first-order chi connectivity index (χ1) is 10.1. The molecule has 122 valence electrons. The normalized spacial score (nSPS) is 14.4. The van der Waals surface area contributed by atoms with Crippen LogP contribution < -0.4 is 5.32 Å². The Bertz CT molecular complexity index is 414. The highest BCUT2D eigenvalue weighted by atomic mass is 79.9. The van der Waals surface area contributed by atoms with Gasteiger partial charge in [-0.1, -0.05) is 34.1 Å². The molecule has 0 amide bonds. The van der Waals surface area contributed by atoms with Crippen LogP contribution in [0.4, 0.5) is 0 Å². The number of aromatic nitrogens is 2. The van der Waals surface area contributed by atoms with Gasteiger partial charge in [-0.2, -0.15) is 5.10 Å². The smallest absolute Gasteiger partial charge is 0.0766 e. The predicted molar refractivity (Wildman–Crippen MR) is 94.8 cm³/mol. The number of rotatable bonds is 10. The fourth-order valence-corrected chi connectivity index (χ4v) is 3.61. The molecule has 0 saturated carbocycles. The van der Waals surface area contributed by atoms with Gasteiger partial charge in [0.05, 0.1) is 15.9 Å². The van der Waals surface area contributed by atoms with Gasteiger partial charge >= 0.3 is 0 Å². The van der Waals surface area contributed by atoms with E-state index in [-0.39, 0.29) is 0 Å². The zero-order valence-electron chi connectivity index (χ0n) is 14.4. The summed E-state index contributed by atoms with van der Waals surface area (Å²) < 4.78 is 3.39. The van der Waals surface area contributed by atoms with E-state index in [4.69, 9.17) is 5.10 Å². The summed E-state index contributed by atoms with van der Waals surface area (Å²) in [4.78, 5) is 0. The fraction of sp³-hybridized carbons (Fsp3) is 0.824. The van der Waals surface area contributed by atoms with Gasteiger partial charge < -0.3 is 5.32 Å². The van der Waals surface area contributed by atoms with Crippen molar-refractivity contribution >= 4 is 15.9 Å². The van der Waals surface area contributed by atoms with E-state index < -0.39 is 0 Å². The molecule has 0 radical (unpaired) electrons. The van der Waals surface area contributed by atoms with Gasteiger partial charge in [0.2, 0.25) is 0 Å². The Morgan fingerprint density at radius 2 is 1.90 bits per heavy atom. The van der Waals surface area contributed by atoms with Gasteiger partial charge in [0.25, 0.3) is 0 Å².